The van der Waals surface area contributed by atoms with Gasteiger partial charge in [0.25, 0.3) is 0 Å². The summed E-state index contributed by atoms with van der Waals surface area (Å²) in [5.74, 6) is 0. The van der Waals surface area contributed by atoms with Crippen molar-refractivity contribution in [3.8, 4) is 0 Å². The van der Waals surface area contributed by atoms with Gasteiger partial charge in [-0.25, -0.2) is 0 Å². The second-order valence-corrected chi connectivity index (χ2v) is 7.12. The largest absolute Gasteiger partial charge is 0.385 e. The molecule has 0 aromatic heterocycles. The van der Waals surface area contributed by atoms with E-state index in [2.05, 4.69) is 13.8 Å². The number of aliphatic hydroxyl groups is 1. The van der Waals surface area contributed by atoms with Gasteiger partial charge in [0.1, 0.15) is 24.4 Å². The van der Waals surface area contributed by atoms with Crippen molar-refractivity contribution >= 4 is 0 Å². The van der Waals surface area contributed by atoms with Crippen molar-refractivity contribution in [3.05, 3.63) is 35.9 Å². The van der Waals surface area contributed by atoms with Crippen molar-refractivity contribution in [2.75, 3.05) is 19.8 Å². The van der Waals surface area contributed by atoms with Crippen LogP contribution < -0.4 is 0 Å². The lowest BCUT2D eigenvalue weighted by molar-refractivity contribution is -0.365. The van der Waals surface area contributed by atoms with Crippen molar-refractivity contribution in [1.82, 2.24) is 0 Å². The van der Waals surface area contributed by atoms with Crippen molar-refractivity contribution in [1.29, 1.82) is 0 Å². The molecule has 6 atom stereocenters. The van der Waals surface area contributed by atoms with E-state index in [4.69, 9.17) is 23.7 Å². The maximum Gasteiger partial charge on any atom is 0.186 e. The zero-order chi connectivity index (χ0) is 19.1. The molecule has 27 heavy (non-hydrogen) atoms. The highest BCUT2D eigenvalue weighted by Gasteiger charge is 2.50. The molecule has 1 aromatic rings. The fourth-order valence-corrected chi connectivity index (χ4v) is 3.38. The maximum absolute atomic E-state index is 10.8. The van der Waals surface area contributed by atoms with Crippen LogP contribution in [-0.4, -0.2) is 55.6 Å². The zero-order valence-corrected chi connectivity index (χ0v) is 16.3. The van der Waals surface area contributed by atoms with Crippen molar-refractivity contribution in [2.24, 2.45) is 0 Å². The van der Waals surface area contributed by atoms with Gasteiger partial charge in [-0.1, -0.05) is 57.0 Å². The van der Waals surface area contributed by atoms with Crippen molar-refractivity contribution in [2.45, 2.75) is 76.5 Å². The van der Waals surface area contributed by atoms with E-state index in [-0.39, 0.29) is 6.10 Å². The molecule has 2 saturated heterocycles. The molecular formula is C21H32O6. The van der Waals surface area contributed by atoms with Gasteiger partial charge in [0.2, 0.25) is 0 Å². The van der Waals surface area contributed by atoms with Crippen LogP contribution in [0.25, 0.3) is 0 Å². The minimum Gasteiger partial charge on any atom is -0.385 e. The van der Waals surface area contributed by atoms with Gasteiger partial charge < -0.3 is 28.8 Å². The van der Waals surface area contributed by atoms with Gasteiger partial charge in [-0.2, -0.15) is 0 Å². The normalized spacial score (nSPS) is 33.6. The zero-order valence-electron chi connectivity index (χ0n) is 16.3. The Hall–Kier alpha value is -1.02. The SMILES string of the molecule is CCCCOC1OC2COC(c3ccccc3)OC2C(OCCCC)C1O. The molecule has 0 saturated carbocycles. The lowest BCUT2D eigenvalue weighted by atomic mass is 9.97. The highest BCUT2D eigenvalue weighted by Crippen LogP contribution is 2.35. The smallest absolute Gasteiger partial charge is 0.186 e. The van der Waals surface area contributed by atoms with E-state index in [1.807, 2.05) is 30.3 Å². The molecule has 1 aromatic carbocycles. The number of benzene rings is 1. The second-order valence-electron chi connectivity index (χ2n) is 7.12. The quantitative estimate of drug-likeness (QED) is 0.664. The molecule has 6 nitrogen and oxygen atoms in total. The third-order valence-electron chi connectivity index (χ3n) is 4.97. The topological polar surface area (TPSA) is 66.4 Å². The number of unbranched alkanes of at least 4 members (excludes halogenated alkanes) is 2. The van der Waals surface area contributed by atoms with Crippen LogP contribution in [-0.2, 0) is 23.7 Å². The number of aliphatic hydroxyl groups excluding tert-OH is 1. The standard InChI is InChI=1S/C21H32O6/c1-3-5-12-23-19-17(22)21(24-13-6-4-2)26-16-14-25-20(27-18(16)19)15-10-8-7-9-11-15/h7-11,16-22H,3-6,12-14H2,1-2H3. The molecule has 2 aliphatic rings. The van der Waals surface area contributed by atoms with E-state index in [9.17, 15) is 5.11 Å². The molecule has 0 bridgehead atoms. The fourth-order valence-electron chi connectivity index (χ4n) is 3.38. The van der Waals surface area contributed by atoms with Gasteiger partial charge >= 0.3 is 0 Å². The van der Waals surface area contributed by atoms with Crippen molar-refractivity contribution < 1.29 is 28.8 Å². The van der Waals surface area contributed by atoms with Crippen LogP contribution in [0.4, 0.5) is 0 Å². The molecule has 0 amide bonds. The van der Waals surface area contributed by atoms with Crippen LogP contribution in [0.5, 0.6) is 0 Å². The average Bonchev–Trinajstić information content (AvgIpc) is 2.71. The summed E-state index contributed by atoms with van der Waals surface area (Å²) in [7, 11) is 0. The van der Waals surface area contributed by atoms with Crippen LogP contribution in [0.3, 0.4) is 0 Å². The lowest BCUT2D eigenvalue weighted by Crippen LogP contribution is -2.63. The Morgan fingerprint density at radius 1 is 1.00 bits per heavy atom. The Morgan fingerprint density at radius 2 is 1.70 bits per heavy atom. The summed E-state index contributed by atoms with van der Waals surface area (Å²) in [5.41, 5.74) is 0.944. The monoisotopic (exact) mass is 380 g/mol. The molecule has 6 unspecified atom stereocenters. The Kier molecular flexibility index (Phi) is 8.06. The molecule has 0 spiro atoms. The number of hydrogen-bond acceptors (Lipinski definition) is 6. The van der Waals surface area contributed by atoms with E-state index < -0.39 is 30.9 Å². The third kappa shape index (κ3) is 5.28. The highest BCUT2D eigenvalue weighted by atomic mass is 16.8. The van der Waals surface area contributed by atoms with Crippen LogP contribution in [0, 0.1) is 0 Å². The highest BCUT2D eigenvalue weighted by molar-refractivity contribution is 5.16. The summed E-state index contributed by atoms with van der Waals surface area (Å²) in [6.07, 6.45) is 0.575. The first-order valence-electron chi connectivity index (χ1n) is 10.1. The van der Waals surface area contributed by atoms with E-state index in [0.717, 1.165) is 31.2 Å². The Morgan fingerprint density at radius 3 is 2.41 bits per heavy atom. The van der Waals surface area contributed by atoms with Gasteiger partial charge in [-0.05, 0) is 12.8 Å². The molecule has 6 heteroatoms. The number of ether oxygens (including phenoxy) is 5. The average molecular weight is 380 g/mol. The van der Waals surface area contributed by atoms with Gasteiger partial charge in [-0.3, -0.25) is 0 Å². The first-order chi connectivity index (χ1) is 13.2. The summed E-state index contributed by atoms with van der Waals surface area (Å²) in [4.78, 5) is 0. The summed E-state index contributed by atoms with van der Waals surface area (Å²) in [5, 5.41) is 10.8. The minimum absolute atomic E-state index is 0.327. The van der Waals surface area contributed by atoms with E-state index >= 15 is 0 Å². The minimum atomic E-state index is -0.894. The molecule has 2 aliphatic heterocycles. The molecular weight excluding hydrogens is 348 g/mol. The summed E-state index contributed by atoms with van der Waals surface area (Å²) in [6, 6.07) is 9.79. The fraction of sp³-hybridized carbons (Fsp3) is 0.714. The number of rotatable bonds is 9. The predicted octanol–water partition coefficient (Wildman–Crippen LogP) is 3.19. The first kappa shape index (κ1) is 20.7. The Balaban J connectivity index is 1.69. The van der Waals surface area contributed by atoms with Gasteiger partial charge in [0, 0.05) is 18.8 Å². The molecule has 3 rings (SSSR count). The second kappa shape index (κ2) is 10.5. The summed E-state index contributed by atoms with van der Waals surface area (Å²) >= 11 is 0. The molecule has 0 radical (unpaired) electrons. The van der Waals surface area contributed by atoms with Crippen LogP contribution in [0.1, 0.15) is 51.4 Å². The van der Waals surface area contributed by atoms with Crippen LogP contribution >= 0.6 is 0 Å². The predicted molar refractivity (Wildman–Crippen MR) is 100 cm³/mol. The van der Waals surface area contributed by atoms with Gasteiger partial charge in [-0.15, -0.1) is 0 Å². The molecule has 2 fully saturated rings. The molecule has 152 valence electrons. The third-order valence-corrected chi connectivity index (χ3v) is 4.97. The number of hydrogen-bond donors (Lipinski definition) is 1. The summed E-state index contributed by atoms with van der Waals surface area (Å²) < 4.78 is 29.8. The number of fused-ring (bicyclic) bond motifs is 1. The van der Waals surface area contributed by atoms with Crippen molar-refractivity contribution in [3.63, 3.8) is 0 Å². The lowest BCUT2D eigenvalue weighted by Gasteiger charge is -2.47. The summed E-state index contributed by atoms with van der Waals surface area (Å²) in [6.45, 7) is 5.70. The Labute approximate surface area is 161 Å². The van der Waals surface area contributed by atoms with Crippen LogP contribution in [0.15, 0.2) is 30.3 Å². The van der Waals surface area contributed by atoms with E-state index in [1.165, 1.54) is 0 Å². The van der Waals surface area contributed by atoms with E-state index in [1.54, 1.807) is 0 Å². The Bertz CT molecular complexity index is 539. The van der Waals surface area contributed by atoms with E-state index in [0.29, 0.717) is 19.8 Å². The van der Waals surface area contributed by atoms with Crippen LogP contribution in [0.2, 0.25) is 0 Å². The maximum atomic E-state index is 10.8. The molecule has 2 heterocycles. The first-order valence-corrected chi connectivity index (χ1v) is 10.1. The molecule has 1 N–H and O–H groups in total. The molecule has 0 aliphatic carbocycles. The van der Waals surface area contributed by atoms with Gasteiger partial charge in [0.05, 0.1) is 6.61 Å². The van der Waals surface area contributed by atoms with Gasteiger partial charge in [0.15, 0.2) is 12.6 Å².